The van der Waals surface area contributed by atoms with E-state index in [0.29, 0.717) is 0 Å². The normalized spacial score (nSPS) is 10.4. The summed E-state index contributed by atoms with van der Waals surface area (Å²) in [7, 11) is 0. The second kappa shape index (κ2) is 3.38. The van der Waals surface area contributed by atoms with E-state index in [4.69, 9.17) is 5.73 Å². The topological polar surface area (TPSA) is 78.0 Å². The molecule has 0 saturated heterocycles. The van der Waals surface area contributed by atoms with Gasteiger partial charge >= 0.3 is 0 Å². The number of carbonyl (C=O) groups is 1. The van der Waals surface area contributed by atoms with Gasteiger partial charge in [0, 0.05) is 18.3 Å². The monoisotopic (exact) mass is 181 g/mol. The average molecular weight is 181 g/mol. The zero-order valence-electron chi connectivity index (χ0n) is 7.52. The van der Waals surface area contributed by atoms with Gasteiger partial charge in [-0.3, -0.25) is 14.3 Å². The zero-order valence-corrected chi connectivity index (χ0v) is 7.52. The Morgan fingerprint density at radius 2 is 2.23 bits per heavy atom. The van der Waals surface area contributed by atoms with Crippen LogP contribution in [-0.4, -0.2) is 15.7 Å². The van der Waals surface area contributed by atoms with Crippen molar-refractivity contribution in [2.75, 3.05) is 0 Å². The van der Waals surface area contributed by atoms with Gasteiger partial charge in [0.05, 0.1) is 0 Å². The maximum atomic E-state index is 11.1. The number of primary amides is 1. The van der Waals surface area contributed by atoms with Crippen molar-refractivity contribution in [1.29, 1.82) is 0 Å². The zero-order chi connectivity index (χ0) is 10.0. The molecule has 5 nitrogen and oxygen atoms in total. The van der Waals surface area contributed by atoms with Gasteiger partial charge in [0.15, 0.2) is 5.69 Å². The Morgan fingerprint density at radius 3 is 2.69 bits per heavy atom. The van der Waals surface area contributed by atoms with Crippen LogP contribution in [0.3, 0.4) is 0 Å². The minimum absolute atomic E-state index is 0.0960. The Balaban J connectivity index is 3.27. The lowest BCUT2D eigenvalue weighted by Crippen LogP contribution is -2.26. The van der Waals surface area contributed by atoms with Crippen LogP contribution in [-0.2, 0) is 0 Å². The first-order chi connectivity index (χ1) is 6.02. The maximum Gasteiger partial charge on any atom is 0.273 e. The van der Waals surface area contributed by atoms with E-state index in [-0.39, 0.29) is 11.7 Å². The van der Waals surface area contributed by atoms with Crippen molar-refractivity contribution in [2.24, 2.45) is 5.73 Å². The van der Waals surface area contributed by atoms with Gasteiger partial charge in [-0.25, -0.2) is 0 Å². The first-order valence-corrected chi connectivity index (χ1v) is 3.91. The Hall–Kier alpha value is -1.65. The fourth-order valence-corrected chi connectivity index (χ4v) is 0.879. The molecule has 13 heavy (non-hydrogen) atoms. The van der Waals surface area contributed by atoms with Gasteiger partial charge < -0.3 is 5.73 Å². The van der Waals surface area contributed by atoms with Crippen molar-refractivity contribution in [2.45, 2.75) is 19.9 Å². The van der Waals surface area contributed by atoms with Crippen molar-refractivity contribution >= 4 is 5.91 Å². The quantitative estimate of drug-likeness (QED) is 0.693. The van der Waals surface area contributed by atoms with Crippen LogP contribution in [0.4, 0.5) is 0 Å². The maximum absolute atomic E-state index is 11.1. The number of aromatic nitrogens is 2. The number of carbonyl (C=O) groups excluding carboxylic acids is 1. The third-order valence-corrected chi connectivity index (χ3v) is 1.59. The third-order valence-electron chi connectivity index (χ3n) is 1.59. The number of hydrogen-bond acceptors (Lipinski definition) is 3. The van der Waals surface area contributed by atoms with E-state index in [2.05, 4.69) is 5.10 Å². The summed E-state index contributed by atoms with van der Waals surface area (Å²) >= 11 is 0. The number of amides is 1. The molecular formula is C8H11N3O2. The molecule has 1 aromatic heterocycles. The third kappa shape index (κ3) is 1.93. The van der Waals surface area contributed by atoms with Crippen LogP contribution in [0.1, 0.15) is 30.4 Å². The Morgan fingerprint density at radius 1 is 1.62 bits per heavy atom. The minimum Gasteiger partial charge on any atom is -0.364 e. The minimum atomic E-state index is -0.792. The van der Waals surface area contributed by atoms with E-state index in [1.807, 2.05) is 13.8 Å². The van der Waals surface area contributed by atoms with Crippen molar-refractivity contribution in [3.63, 3.8) is 0 Å². The molecule has 0 aromatic carbocycles. The smallest absolute Gasteiger partial charge is 0.273 e. The van der Waals surface area contributed by atoms with E-state index >= 15 is 0 Å². The fraction of sp³-hybridized carbons (Fsp3) is 0.375. The lowest BCUT2D eigenvalue weighted by molar-refractivity contribution is 0.0992. The SMILES string of the molecule is CC(C)n1ccc(=O)c(C(N)=O)n1. The fourth-order valence-electron chi connectivity index (χ4n) is 0.879. The Kier molecular flexibility index (Phi) is 2.46. The molecule has 0 unspecified atom stereocenters. The van der Waals surface area contributed by atoms with Gasteiger partial charge in [0.1, 0.15) is 0 Å². The summed E-state index contributed by atoms with van der Waals surface area (Å²) in [5.74, 6) is -0.792. The van der Waals surface area contributed by atoms with Crippen LogP contribution in [0, 0.1) is 0 Å². The van der Waals surface area contributed by atoms with Gasteiger partial charge in [-0.15, -0.1) is 0 Å². The van der Waals surface area contributed by atoms with Gasteiger partial charge in [0.25, 0.3) is 5.91 Å². The molecule has 5 heteroatoms. The lowest BCUT2D eigenvalue weighted by atomic mass is 10.3. The number of nitrogens with two attached hydrogens (primary N) is 1. The van der Waals surface area contributed by atoms with Crippen molar-refractivity contribution in [3.05, 3.63) is 28.2 Å². The molecule has 2 N–H and O–H groups in total. The molecule has 0 saturated carbocycles. The highest BCUT2D eigenvalue weighted by Crippen LogP contribution is 1.98. The number of nitrogens with zero attached hydrogens (tertiary/aromatic N) is 2. The summed E-state index contributed by atoms with van der Waals surface area (Å²) in [5, 5.41) is 3.80. The van der Waals surface area contributed by atoms with Gasteiger partial charge in [-0.1, -0.05) is 0 Å². The van der Waals surface area contributed by atoms with Crippen LogP contribution < -0.4 is 11.2 Å². The van der Waals surface area contributed by atoms with Crippen molar-refractivity contribution in [3.8, 4) is 0 Å². The van der Waals surface area contributed by atoms with Gasteiger partial charge in [0.2, 0.25) is 5.43 Å². The highest BCUT2D eigenvalue weighted by atomic mass is 16.2. The standard InChI is InChI=1S/C8H11N3O2/c1-5(2)11-4-3-6(12)7(10-11)8(9)13/h3-5H,1-2H3,(H2,9,13). The summed E-state index contributed by atoms with van der Waals surface area (Å²) in [6.07, 6.45) is 1.53. The molecule has 1 rings (SSSR count). The van der Waals surface area contributed by atoms with Crippen LogP contribution in [0.25, 0.3) is 0 Å². The molecule has 0 atom stereocenters. The molecule has 0 spiro atoms. The Bertz CT molecular complexity index is 381. The van der Waals surface area contributed by atoms with Crippen LogP contribution in [0.2, 0.25) is 0 Å². The molecule has 0 bridgehead atoms. The first kappa shape index (κ1) is 9.44. The second-order valence-corrected chi connectivity index (χ2v) is 2.97. The number of hydrogen-bond donors (Lipinski definition) is 1. The Labute approximate surface area is 75.2 Å². The molecular weight excluding hydrogens is 170 g/mol. The average Bonchev–Trinajstić information content (AvgIpc) is 2.04. The molecule has 1 amide bonds. The lowest BCUT2D eigenvalue weighted by Gasteiger charge is -2.08. The molecule has 0 radical (unpaired) electrons. The van der Waals surface area contributed by atoms with Crippen molar-refractivity contribution < 1.29 is 4.79 Å². The van der Waals surface area contributed by atoms with E-state index in [1.54, 1.807) is 0 Å². The molecule has 70 valence electrons. The summed E-state index contributed by atoms with van der Waals surface area (Å²) in [6.45, 7) is 3.78. The molecule has 1 heterocycles. The second-order valence-electron chi connectivity index (χ2n) is 2.97. The van der Waals surface area contributed by atoms with Crippen LogP contribution >= 0.6 is 0 Å². The van der Waals surface area contributed by atoms with E-state index in [9.17, 15) is 9.59 Å². The molecule has 0 fully saturated rings. The van der Waals surface area contributed by atoms with E-state index < -0.39 is 11.3 Å². The first-order valence-electron chi connectivity index (χ1n) is 3.91. The van der Waals surface area contributed by atoms with Gasteiger partial charge in [-0.2, -0.15) is 5.10 Å². The number of rotatable bonds is 2. The predicted octanol–water partition coefficient (Wildman–Crippen LogP) is -0.0769. The molecule has 1 aromatic rings. The largest absolute Gasteiger partial charge is 0.364 e. The highest BCUT2D eigenvalue weighted by Gasteiger charge is 2.08. The summed E-state index contributed by atoms with van der Waals surface area (Å²) in [4.78, 5) is 21.8. The molecule has 0 aliphatic heterocycles. The van der Waals surface area contributed by atoms with E-state index in [0.717, 1.165) is 0 Å². The van der Waals surface area contributed by atoms with Crippen molar-refractivity contribution in [1.82, 2.24) is 9.78 Å². The van der Waals surface area contributed by atoms with Crippen LogP contribution in [0.15, 0.2) is 17.1 Å². The molecule has 0 aliphatic rings. The summed E-state index contributed by atoms with van der Waals surface area (Å²) < 4.78 is 1.52. The predicted molar refractivity (Wildman–Crippen MR) is 47.4 cm³/mol. The molecule has 0 aliphatic carbocycles. The van der Waals surface area contributed by atoms with Gasteiger partial charge in [-0.05, 0) is 13.8 Å². The van der Waals surface area contributed by atoms with Crippen LogP contribution in [0.5, 0.6) is 0 Å². The summed E-state index contributed by atoms with van der Waals surface area (Å²) in [6, 6.07) is 1.38. The summed E-state index contributed by atoms with van der Waals surface area (Å²) in [5.41, 5.74) is 4.32. The highest BCUT2D eigenvalue weighted by molar-refractivity contribution is 5.90. The van der Waals surface area contributed by atoms with E-state index in [1.165, 1.54) is 16.9 Å².